The van der Waals surface area contributed by atoms with Crippen LogP contribution in [0.1, 0.15) is 25.7 Å². The first-order valence-corrected chi connectivity index (χ1v) is 9.37. The molecule has 1 saturated carbocycles. The van der Waals surface area contributed by atoms with Gasteiger partial charge in [0, 0.05) is 10.1 Å². The fourth-order valence-electron chi connectivity index (χ4n) is 2.88. The minimum absolute atomic E-state index is 0.759. The molecule has 3 aromatic rings. The van der Waals surface area contributed by atoms with E-state index in [-0.39, 0.29) is 0 Å². The maximum atomic E-state index is 4.42. The molecule has 0 spiro atoms. The van der Waals surface area contributed by atoms with Crippen molar-refractivity contribution in [1.82, 2.24) is 9.97 Å². The predicted octanol–water partition coefficient (Wildman–Crippen LogP) is 5.47. The zero-order chi connectivity index (χ0) is 14.8. The van der Waals surface area contributed by atoms with Crippen molar-refractivity contribution in [2.24, 2.45) is 0 Å². The zero-order valence-corrected chi connectivity index (χ0v) is 13.8. The number of thiophene rings is 1. The Morgan fingerprint density at radius 2 is 1.95 bits per heavy atom. The standard InChI is InChI=1S/C17H17N3S2/c1-2-6-12(5-1)22-15-8-4-3-7-14(15)20-16-13-9-10-21-17(13)19-11-18-16/h3-4,7-12H,1-2,5-6H2,(H,18,19,20). The van der Waals surface area contributed by atoms with Crippen LogP contribution in [0.15, 0.2) is 46.9 Å². The molecule has 0 saturated heterocycles. The molecular formula is C17H17N3S2. The fraction of sp³-hybridized carbons (Fsp3) is 0.294. The van der Waals surface area contributed by atoms with E-state index in [0.29, 0.717) is 0 Å². The summed E-state index contributed by atoms with van der Waals surface area (Å²) in [6, 6.07) is 10.6. The number of hydrogen-bond donors (Lipinski definition) is 1. The molecule has 1 N–H and O–H groups in total. The smallest absolute Gasteiger partial charge is 0.142 e. The van der Waals surface area contributed by atoms with Crippen LogP contribution in [0.25, 0.3) is 10.2 Å². The Bertz CT molecular complexity index is 778. The number of aromatic nitrogens is 2. The van der Waals surface area contributed by atoms with Crippen LogP contribution in [0.2, 0.25) is 0 Å². The third kappa shape index (κ3) is 2.83. The van der Waals surface area contributed by atoms with Crippen LogP contribution in [0.5, 0.6) is 0 Å². The molecule has 2 heterocycles. The second kappa shape index (κ2) is 6.26. The van der Waals surface area contributed by atoms with E-state index in [1.165, 1.54) is 30.6 Å². The van der Waals surface area contributed by atoms with Crippen LogP contribution in [-0.4, -0.2) is 15.2 Å². The number of nitrogens with zero attached hydrogens (tertiary/aromatic N) is 2. The Kier molecular flexibility index (Phi) is 3.99. The molecular weight excluding hydrogens is 310 g/mol. The van der Waals surface area contributed by atoms with Gasteiger partial charge in [-0.15, -0.1) is 23.1 Å². The van der Waals surface area contributed by atoms with Gasteiger partial charge in [-0.25, -0.2) is 9.97 Å². The van der Waals surface area contributed by atoms with Crippen molar-refractivity contribution in [2.75, 3.05) is 5.32 Å². The molecule has 1 aliphatic carbocycles. The van der Waals surface area contributed by atoms with Crippen molar-refractivity contribution in [3.8, 4) is 0 Å². The molecule has 112 valence electrons. The van der Waals surface area contributed by atoms with Gasteiger partial charge in [-0.05, 0) is 36.4 Å². The number of para-hydroxylation sites is 1. The molecule has 0 atom stereocenters. The van der Waals surface area contributed by atoms with Crippen LogP contribution >= 0.6 is 23.1 Å². The molecule has 1 aliphatic rings. The zero-order valence-electron chi connectivity index (χ0n) is 12.2. The SMILES string of the molecule is c1ccc(SC2CCCC2)c(Nc2ncnc3sccc23)c1. The van der Waals surface area contributed by atoms with E-state index in [9.17, 15) is 0 Å². The summed E-state index contributed by atoms with van der Waals surface area (Å²) < 4.78 is 0. The first-order chi connectivity index (χ1) is 10.9. The topological polar surface area (TPSA) is 37.8 Å². The van der Waals surface area contributed by atoms with Crippen molar-refractivity contribution in [3.05, 3.63) is 42.0 Å². The summed E-state index contributed by atoms with van der Waals surface area (Å²) in [6.45, 7) is 0. The monoisotopic (exact) mass is 327 g/mol. The Morgan fingerprint density at radius 3 is 2.86 bits per heavy atom. The predicted molar refractivity (Wildman–Crippen MR) is 95.3 cm³/mol. The maximum absolute atomic E-state index is 4.42. The molecule has 1 aromatic carbocycles. The second-order valence-electron chi connectivity index (χ2n) is 5.51. The van der Waals surface area contributed by atoms with E-state index in [4.69, 9.17) is 0 Å². The molecule has 0 aliphatic heterocycles. The average Bonchev–Trinajstić information content (AvgIpc) is 3.21. The van der Waals surface area contributed by atoms with Crippen molar-refractivity contribution < 1.29 is 0 Å². The fourth-order valence-corrected chi connectivity index (χ4v) is 4.94. The highest BCUT2D eigenvalue weighted by Gasteiger charge is 2.18. The lowest BCUT2D eigenvalue weighted by Crippen LogP contribution is -1.99. The molecule has 3 nitrogen and oxygen atoms in total. The van der Waals surface area contributed by atoms with Gasteiger partial charge in [0.15, 0.2) is 0 Å². The lowest BCUT2D eigenvalue weighted by Gasteiger charge is -2.14. The highest BCUT2D eigenvalue weighted by atomic mass is 32.2. The van der Waals surface area contributed by atoms with Gasteiger partial charge in [0.1, 0.15) is 17.0 Å². The van der Waals surface area contributed by atoms with Gasteiger partial charge >= 0.3 is 0 Å². The largest absolute Gasteiger partial charge is 0.339 e. The first-order valence-electron chi connectivity index (χ1n) is 7.61. The normalized spacial score (nSPS) is 15.5. The van der Waals surface area contributed by atoms with Gasteiger partial charge in [0.25, 0.3) is 0 Å². The van der Waals surface area contributed by atoms with Gasteiger partial charge in [0.05, 0.1) is 11.1 Å². The molecule has 4 rings (SSSR count). The molecule has 0 radical (unpaired) electrons. The number of nitrogens with one attached hydrogen (secondary N) is 1. The van der Waals surface area contributed by atoms with Crippen LogP contribution in [0.4, 0.5) is 11.5 Å². The van der Waals surface area contributed by atoms with Gasteiger partial charge in [-0.2, -0.15) is 0 Å². The maximum Gasteiger partial charge on any atom is 0.142 e. The van der Waals surface area contributed by atoms with Crippen LogP contribution in [-0.2, 0) is 0 Å². The Hall–Kier alpha value is -1.59. The van der Waals surface area contributed by atoms with Crippen molar-refractivity contribution in [1.29, 1.82) is 0 Å². The summed E-state index contributed by atoms with van der Waals surface area (Å²) in [4.78, 5) is 11.1. The van der Waals surface area contributed by atoms with Crippen molar-refractivity contribution in [3.63, 3.8) is 0 Å². The van der Waals surface area contributed by atoms with E-state index in [2.05, 4.69) is 51.0 Å². The minimum Gasteiger partial charge on any atom is -0.339 e. The third-order valence-corrected chi connectivity index (χ3v) is 6.23. The van der Waals surface area contributed by atoms with Gasteiger partial charge in [-0.3, -0.25) is 0 Å². The molecule has 1 fully saturated rings. The lowest BCUT2D eigenvalue weighted by molar-refractivity contribution is 0.886. The number of rotatable bonds is 4. The number of anilines is 2. The summed E-state index contributed by atoms with van der Waals surface area (Å²) in [5, 5.41) is 7.42. The summed E-state index contributed by atoms with van der Waals surface area (Å²) in [5.41, 5.74) is 1.14. The van der Waals surface area contributed by atoms with E-state index >= 15 is 0 Å². The molecule has 0 amide bonds. The molecule has 0 unspecified atom stereocenters. The lowest BCUT2D eigenvalue weighted by atomic mass is 10.3. The van der Waals surface area contributed by atoms with Crippen molar-refractivity contribution >= 4 is 44.8 Å². The average molecular weight is 327 g/mol. The summed E-state index contributed by atoms with van der Waals surface area (Å²) in [6.07, 6.45) is 7.04. The van der Waals surface area contributed by atoms with Gasteiger partial charge in [0.2, 0.25) is 0 Å². The van der Waals surface area contributed by atoms with Gasteiger partial charge < -0.3 is 5.32 Å². The quantitative estimate of drug-likeness (QED) is 0.689. The highest BCUT2D eigenvalue weighted by Crippen LogP contribution is 2.39. The van der Waals surface area contributed by atoms with Crippen LogP contribution in [0.3, 0.4) is 0 Å². The highest BCUT2D eigenvalue weighted by molar-refractivity contribution is 8.00. The second-order valence-corrected chi connectivity index (χ2v) is 7.74. The van der Waals surface area contributed by atoms with E-state index in [1.807, 2.05) is 11.8 Å². The summed E-state index contributed by atoms with van der Waals surface area (Å²) >= 11 is 3.65. The number of fused-ring (bicyclic) bond motifs is 1. The minimum atomic E-state index is 0.759. The van der Waals surface area contributed by atoms with E-state index in [1.54, 1.807) is 17.7 Å². The molecule has 22 heavy (non-hydrogen) atoms. The first kappa shape index (κ1) is 14.0. The van der Waals surface area contributed by atoms with Crippen LogP contribution < -0.4 is 5.32 Å². The number of thioether (sulfide) groups is 1. The van der Waals surface area contributed by atoms with Crippen molar-refractivity contribution in [2.45, 2.75) is 35.8 Å². The Morgan fingerprint density at radius 1 is 1.09 bits per heavy atom. The summed E-state index contributed by atoms with van der Waals surface area (Å²) in [5.74, 6) is 0.894. The van der Waals surface area contributed by atoms with E-state index in [0.717, 1.165) is 27.0 Å². The van der Waals surface area contributed by atoms with Gasteiger partial charge in [-0.1, -0.05) is 25.0 Å². The number of hydrogen-bond acceptors (Lipinski definition) is 5. The summed E-state index contributed by atoms with van der Waals surface area (Å²) in [7, 11) is 0. The Labute approximate surface area is 138 Å². The van der Waals surface area contributed by atoms with E-state index < -0.39 is 0 Å². The molecule has 5 heteroatoms. The number of benzene rings is 1. The third-order valence-electron chi connectivity index (χ3n) is 4.00. The van der Waals surface area contributed by atoms with Crippen LogP contribution in [0, 0.1) is 0 Å². The molecule has 0 bridgehead atoms. The Balaban J connectivity index is 1.63. The molecule has 2 aromatic heterocycles.